The number of carbonyl (C=O) groups excluding carboxylic acids is 1. The first-order chi connectivity index (χ1) is 15.6. The third-order valence-electron chi connectivity index (χ3n) is 5.75. The van der Waals surface area contributed by atoms with Crippen LogP contribution in [0.4, 0.5) is 0 Å². The molecule has 2 heterocycles. The summed E-state index contributed by atoms with van der Waals surface area (Å²) in [6.45, 7) is 5.85. The molecule has 8 heteroatoms. The number of nitrogen functional groups attached to an aromatic ring is 1. The fraction of sp³-hybridized carbons (Fsp3) is 0.375. The summed E-state index contributed by atoms with van der Waals surface area (Å²) in [5, 5.41) is 1.70. The molecule has 170 valence electrons. The molecular weight excluding hydrogens is 430 g/mol. The topological polar surface area (TPSA) is 79.0 Å². The average Bonchev–Trinajstić information content (AvgIpc) is 3.09. The Morgan fingerprint density at radius 2 is 1.88 bits per heavy atom. The van der Waals surface area contributed by atoms with Gasteiger partial charge in [-0.2, -0.15) is 0 Å². The van der Waals surface area contributed by atoms with E-state index in [2.05, 4.69) is 0 Å². The fourth-order valence-corrected chi connectivity index (χ4v) is 4.52. The Morgan fingerprint density at radius 1 is 1.16 bits per heavy atom. The number of fused-ring (bicyclic) bond motifs is 3. The van der Waals surface area contributed by atoms with Crippen molar-refractivity contribution in [1.29, 1.82) is 0 Å². The maximum absolute atomic E-state index is 11.9. The van der Waals surface area contributed by atoms with Gasteiger partial charge in [0.1, 0.15) is 12.4 Å². The van der Waals surface area contributed by atoms with E-state index in [0.29, 0.717) is 37.1 Å². The van der Waals surface area contributed by atoms with E-state index in [1.165, 1.54) is 0 Å². The largest absolute Gasteiger partial charge is 0.488 e. The van der Waals surface area contributed by atoms with Crippen molar-refractivity contribution < 1.29 is 19.0 Å². The number of hydrogen-bond donors (Lipinski definition) is 1. The molecule has 3 aromatic rings. The summed E-state index contributed by atoms with van der Waals surface area (Å²) >= 11 is 6.24. The van der Waals surface area contributed by atoms with Crippen LogP contribution in [0.3, 0.4) is 0 Å². The molecule has 32 heavy (non-hydrogen) atoms. The first-order valence-electron chi connectivity index (χ1n) is 10.8. The zero-order chi connectivity index (χ0) is 22.7. The smallest absolute Gasteiger partial charge is 0.210 e. The standard InChI is InChI=1S/C24H28ClN3O4/c1-3-30-22(31-4-2)14-32-18-8-5-16(6-9-18)23-24-19(11-12-27(23)15-29)20-13-17(25)7-10-21(20)28(24)26/h5-10,13,15,22-23H,3-4,11-12,14,26H2,1-2H3. The van der Waals surface area contributed by atoms with Crippen molar-refractivity contribution >= 4 is 28.9 Å². The van der Waals surface area contributed by atoms with Crippen LogP contribution in [0.2, 0.25) is 5.02 Å². The van der Waals surface area contributed by atoms with Crippen LogP contribution in [0.5, 0.6) is 5.75 Å². The zero-order valence-electron chi connectivity index (χ0n) is 18.3. The first-order valence-corrected chi connectivity index (χ1v) is 11.2. The lowest BCUT2D eigenvalue weighted by Gasteiger charge is -2.34. The number of rotatable bonds is 9. The maximum Gasteiger partial charge on any atom is 0.210 e. The number of hydrogen-bond acceptors (Lipinski definition) is 5. The summed E-state index contributed by atoms with van der Waals surface area (Å²) in [6.07, 6.45) is 1.21. The van der Waals surface area contributed by atoms with Gasteiger partial charge in [-0.1, -0.05) is 23.7 Å². The lowest BCUT2D eigenvalue weighted by Crippen LogP contribution is -2.37. The average molecular weight is 458 g/mol. The molecule has 7 nitrogen and oxygen atoms in total. The van der Waals surface area contributed by atoms with Crippen molar-refractivity contribution in [3.63, 3.8) is 0 Å². The van der Waals surface area contributed by atoms with E-state index in [4.69, 9.17) is 31.7 Å². The molecular formula is C24H28ClN3O4. The van der Waals surface area contributed by atoms with Gasteiger partial charge < -0.3 is 25.0 Å². The third-order valence-corrected chi connectivity index (χ3v) is 5.98. The molecule has 1 aliphatic heterocycles. The number of ether oxygens (including phenoxy) is 3. The van der Waals surface area contributed by atoms with Crippen molar-refractivity contribution in [3.05, 3.63) is 64.3 Å². The Hall–Kier alpha value is -2.74. The van der Waals surface area contributed by atoms with Crippen LogP contribution in [0, 0.1) is 0 Å². The van der Waals surface area contributed by atoms with Gasteiger partial charge >= 0.3 is 0 Å². The number of amides is 1. The van der Waals surface area contributed by atoms with E-state index < -0.39 is 6.29 Å². The molecule has 2 N–H and O–H groups in total. The Morgan fingerprint density at radius 3 is 2.53 bits per heavy atom. The van der Waals surface area contributed by atoms with Crippen LogP contribution >= 0.6 is 11.6 Å². The molecule has 1 unspecified atom stereocenters. The second-order valence-corrected chi connectivity index (χ2v) is 8.05. The van der Waals surface area contributed by atoms with Crippen LogP contribution in [0.25, 0.3) is 10.9 Å². The van der Waals surface area contributed by atoms with Crippen LogP contribution in [-0.2, 0) is 20.7 Å². The van der Waals surface area contributed by atoms with Gasteiger partial charge in [0.2, 0.25) is 6.41 Å². The van der Waals surface area contributed by atoms with E-state index in [9.17, 15) is 4.79 Å². The van der Waals surface area contributed by atoms with Gasteiger partial charge in [-0.15, -0.1) is 0 Å². The van der Waals surface area contributed by atoms with Crippen LogP contribution in [0.1, 0.15) is 36.7 Å². The van der Waals surface area contributed by atoms with Gasteiger partial charge in [0, 0.05) is 30.2 Å². The fourth-order valence-electron chi connectivity index (χ4n) is 4.35. The highest BCUT2D eigenvalue weighted by Crippen LogP contribution is 2.40. The number of benzene rings is 2. The Balaban J connectivity index is 1.63. The number of nitrogens with two attached hydrogens (primary N) is 1. The quantitative estimate of drug-likeness (QED) is 0.299. The summed E-state index contributed by atoms with van der Waals surface area (Å²) in [5.41, 5.74) is 3.89. The summed E-state index contributed by atoms with van der Waals surface area (Å²) < 4.78 is 18.6. The van der Waals surface area contributed by atoms with E-state index in [-0.39, 0.29) is 6.04 Å². The molecule has 0 spiro atoms. The van der Waals surface area contributed by atoms with Crippen molar-refractivity contribution in [2.45, 2.75) is 32.6 Å². The van der Waals surface area contributed by atoms with Crippen LogP contribution in [0.15, 0.2) is 42.5 Å². The predicted octanol–water partition coefficient (Wildman–Crippen LogP) is 3.89. The second kappa shape index (κ2) is 9.81. The predicted molar refractivity (Wildman–Crippen MR) is 124 cm³/mol. The maximum atomic E-state index is 11.9. The summed E-state index contributed by atoms with van der Waals surface area (Å²) in [4.78, 5) is 13.7. The highest BCUT2D eigenvalue weighted by Gasteiger charge is 2.33. The Bertz CT molecular complexity index is 1080. The molecule has 0 aliphatic carbocycles. The van der Waals surface area contributed by atoms with Crippen molar-refractivity contribution in [3.8, 4) is 5.75 Å². The van der Waals surface area contributed by atoms with Gasteiger partial charge in [-0.25, -0.2) is 0 Å². The van der Waals surface area contributed by atoms with Crippen LogP contribution in [-0.4, -0.2) is 48.6 Å². The molecule has 1 amide bonds. The molecule has 0 saturated heterocycles. The van der Waals surface area contributed by atoms with Crippen molar-refractivity contribution in [2.75, 3.05) is 32.2 Å². The van der Waals surface area contributed by atoms with E-state index in [1.54, 1.807) is 9.58 Å². The van der Waals surface area contributed by atoms with Gasteiger partial charge in [-0.05, 0) is 61.7 Å². The minimum absolute atomic E-state index is 0.291. The Labute approximate surface area is 192 Å². The van der Waals surface area contributed by atoms with Gasteiger partial charge in [0.05, 0.1) is 17.3 Å². The minimum Gasteiger partial charge on any atom is -0.488 e. The highest BCUT2D eigenvalue weighted by atomic mass is 35.5. The summed E-state index contributed by atoms with van der Waals surface area (Å²) in [6, 6.07) is 13.1. The number of halogens is 1. The third kappa shape index (κ3) is 4.28. The van der Waals surface area contributed by atoms with E-state index in [1.807, 2.05) is 56.3 Å². The monoisotopic (exact) mass is 457 g/mol. The highest BCUT2D eigenvalue weighted by molar-refractivity contribution is 6.31. The molecule has 0 saturated carbocycles. The van der Waals surface area contributed by atoms with Crippen molar-refractivity contribution in [1.82, 2.24) is 9.58 Å². The lowest BCUT2D eigenvalue weighted by atomic mass is 9.93. The van der Waals surface area contributed by atoms with E-state index in [0.717, 1.165) is 40.6 Å². The number of carbonyl (C=O) groups is 1. The normalized spacial score (nSPS) is 15.9. The summed E-state index contributed by atoms with van der Waals surface area (Å²) in [5.74, 6) is 7.20. The molecule has 1 atom stereocenters. The Kier molecular flexibility index (Phi) is 6.89. The van der Waals surface area contributed by atoms with Crippen molar-refractivity contribution in [2.24, 2.45) is 0 Å². The molecule has 0 fully saturated rings. The summed E-state index contributed by atoms with van der Waals surface area (Å²) in [7, 11) is 0. The van der Waals surface area contributed by atoms with Gasteiger partial charge in [-0.3, -0.25) is 9.47 Å². The molecule has 1 aliphatic rings. The molecule has 4 rings (SSSR count). The molecule has 0 bridgehead atoms. The number of nitrogens with zero attached hydrogens (tertiary/aromatic N) is 2. The number of aromatic nitrogens is 1. The lowest BCUT2D eigenvalue weighted by molar-refractivity contribution is -0.152. The minimum atomic E-state index is -0.407. The second-order valence-electron chi connectivity index (χ2n) is 7.61. The van der Waals surface area contributed by atoms with Gasteiger partial charge in [0.25, 0.3) is 0 Å². The molecule has 1 aromatic heterocycles. The SMILES string of the molecule is CCOC(COc1ccc(C2c3c(c4cc(Cl)ccc4n3N)CCN2C=O)cc1)OCC. The van der Waals surface area contributed by atoms with E-state index >= 15 is 0 Å². The first kappa shape index (κ1) is 22.5. The molecule has 2 aromatic carbocycles. The van der Waals surface area contributed by atoms with Crippen LogP contribution < -0.4 is 10.6 Å². The zero-order valence-corrected chi connectivity index (χ0v) is 19.0. The van der Waals surface area contributed by atoms with Gasteiger partial charge in [0.15, 0.2) is 6.29 Å². The molecule has 0 radical (unpaired) electrons.